The van der Waals surface area contributed by atoms with Gasteiger partial charge in [0.25, 0.3) is 0 Å². The molecule has 0 aliphatic heterocycles. The van der Waals surface area contributed by atoms with Crippen LogP contribution in [0.5, 0.6) is 0 Å². The molecule has 0 rings (SSSR count). The zero-order valence-corrected chi connectivity index (χ0v) is 13.2. The zero-order chi connectivity index (χ0) is 13.5. The van der Waals surface area contributed by atoms with Gasteiger partial charge in [-0.2, -0.15) is 0 Å². The van der Waals surface area contributed by atoms with Crippen LogP contribution in [0.4, 0.5) is 0 Å². The Hall–Kier alpha value is 0.555. The third-order valence-corrected chi connectivity index (χ3v) is 0. The Kier molecular flexibility index (Phi) is 48.8. The van der Waals surface area contributed by atoms with Crippen LogP contribution in [-0.4, -0.2) is 52.6 Å². The first-order valence-corrected chi connectivity index (χ1v) is 6.00. The van der Waals surface area contributed by atoms with Crippen LogP contribution >= 0.6 is 0 Å². The number of rotatable bonds is 0. The van der Waals surface area contributed by atoms with Gasteiger partial charge in [0.05, 0.1) is 0 Å². The molecule has 0 heterocycles. The minimum absolute atomic E-state index is 0. The Morgan fingerprint density at radius 1 is 0.400 bits per heavy atom. The molecular weight excluding hydrogens is 440 g/mol. The summed E-state index contributed by atoms with van der Waals surface area (Å²) in [5.41, 5.74) is 0. The van der Waals surface area contributed by atoms with Crippen molar-refractivity contribution in [3.05, 3.63) is 0 Å². The van der Waals surface area contributed by atoms with Crippen molar-refractivity contribution in [2.24, 2.45) is 0 Å². The minimum Gasteiger partial charge on any atom is -2.00 e. The van der Waals surface area contributed by atoms with E-state index in [2.05, 4.69) is 0 Å². The van der Waals surface area contributed by atoms with E-state index >= 15 is 0 Å². The molecule has 0 atom stereocenters. The van der Waals surface area contributed by atoms with E-state index in [-0.39, 0.29) is 51.2 Å². The number of hydrogen-bond acceptors (Lipinski definition) is 12. The standard InChI is InChI=1S/2Cr.3H2O4S.3O/c;;3*1-5(2,3)4;;;/h;;3*(H2,1,2,3,4);;;/q2*+6;;;;3*-2/p-6. The molecule has 0 bridgehead atoms. The van der Waals surface area contributed by atoms with Crippen molar-refractivity contribution in [2.45, 2.75) is 0 Å². The van der Waals surface area contributed by atoms with Gasteiger partial charge in [0.15, 0.2) is 0 Å². The summed E-state index contributed by atoms with van der Waals surface area (Å²) in [6.07, 6.45) is 0. The van der Waals surface area contributed by atoms with Crippen LogP contribution in [0.2, 0.25) is 0 Å². The third kappa shape index (κ3) is 18600. The Bertz CT molecular complexity index is 342. The van der Waals surface area contributed by atoms with Gasteiger partial charge in [-0.1, -0.05) is 0 Å². The van der Waals surface area contributed by atoms with Crippen LogP contribution in [0.1, 0.15) is 0 Å². The Morgan fingerprint density at radius 3 is 0.400 bits per heavy atom. The summed E-state index contributed by atoms with van der Waals surface area (Å²) in [6, 6.07) is 0. The molecular formula is Cr2O15S3. The van der Waals surface area contributed by atoms with Crippen LogP contribution in [-0.2, 0) is 82.3 Å². The Morgan fingerprint density at radius 2 is 0.400 bits per heavy atom. The second-order valence-corrected chi connectivity index (χ2v) is 3.67. The minimum atomic E-state index is -5.17. The predicted octanol–water partition coefficient (Wildman–Crippen LogP) is -4.38. The van der Waals surface area contributed by atoms with E-state index in [0.717, 1.165) is 0 Å². The zero-order valence-electron chi connectivity index (χ0n) is 8.16. The summed E-state index contributed by atoms with van der Waals surface area (Å²) in [5.74, 6) is 0. The first-order valence-electron chi connectivity index (χ1n) is 2.00. The van der Waals surface area contributed by atoms with Crippen LogP contribution < -0.4 is 0 Å². The van der Waals surface area contributed by atoms with Crippen LogP contribution in [0.3, 0.4) is 0 Å². The fraction of sp³-hybridized carbons (Fsp3) is 0. The maximum atomic E-state index is 8.52. The second-order valence-electron chi connectivity index (χ2n) is 1.22. The van der Waals surface area contributed by atoms with E-state index in [1.807, 2.05) is 0 Å². The first-order chi connectivity index (χ1) is 6.00. The molecule has 120 valence electrons. The van der Waals surface area contributed by atoms with E-state index in [4.69, 9.17) is 52.6 Å². The maximum Gasteiger partial charge on any atom is 6.00 e. The van der Waals surface area contributed by atoms with E-state index in [0.29, 0.717) is 0 Å². The molecule has 0 N–H and O–H groups in total. The van der Waals surface area contributed by atoms with Crippen molar-refractivity contribution in [2.75, 3.05) is 0 Å². The van der Waals surface area contributed by atoms with Gasteiger partial charge in [0, 0.05) is 31.2 Å². The van der Waals surface area contributed by atoms with Crippen LogP contribution in [0, 0.1) is 0 Å². The summed E-state index contributed by atoms with van der Waals surface area (Å²) >= 11 is 0. The van der Waals surface area contributed by atoms with Gasteiger partial charge in [-0.25, -0.2) is 0 Å². The van der Waals surface area contributed by atoms with Crippen molar-refractivity contribution in [1.82, 2.24) is 0 Å². The van der Waals surface area contributed by atoms with Gasteiger partial charge >= 0.3 is 34.7 Å². The molecule has 20 heavy (non-hydrogen) atoms. The molecule has 0 aliphatic carbocycles. The molecule has 0 saturated carbocycles. The second kappa shape index (κ2) is 19.6. The van der Waals surface area contributed by atoms with Crippen LogP contribution in [0.15, 0.2) is 0 Å². The molecule has 0 aromatic rings. The maximum absolute atomic E-state index is 8.52. The van der Waals surface area contributed by atoms with Crippen molar-refractivity contribution in [3.63, 3.8) is 0 Å². The van der Waals surface area contributed by atoms with Gasteiger partial charge < -0.3 is 43.7 Å². The molecule has 0 aliphatic rings. The van der Waals surface area contributed by atoms with E-state index in [9.17, 15) is 0 Å². The quantitative estimate of drug-likeness (QED) is 0.254. The van der Waals surface area contributed by atoms with E-state index in [1.54, 1.807) is 0 Å². The molecule has 0 spiro atoms. The van der Waals surface area contributed by atoms with Gasteiger partial charge in [-0.3, -0.25) is 25.3 Å². The normalized spacial score (nSPS) is 8.70. The van der Waals surface area contributed by atoms with Gasteiger partial charge in [0.1, 0.15) is 0 Å². The summed E-state index contributed by atoms with van der Waals surface area (Å²) in [4.78, 5) is 0. The van der Waals surface area contributed by atoms with Gasteiger partial charge in [-0.05, 0) is 0 Å². The monoisotopic (exact) mass is 440 g/mol. The topological polar surface area (TPSA) is 326 Å². The summed E-state index contributed by atoms with van der Waals surface area (Å²) in [5, 5.41) is 0. The molecule has 0 saturated heterocycles. The van der Waals surface area contributed by atoms with E-state index < -0.39 is 31.2 Å². The molecule has 15 nitrogen and oxygen atoms in total. The Balaban J connectivity index is -0.0000000160. The van der Waals surface area contributed by atoms with Crippen molar-refractivity contribution in [1.29, 1.82) is 0 Å². The SMILES string of the molecule is O=S(=O)([O-])[O-].O=S(=O)([O-])[O-].O=S(=O)([O-])[O-].[Cr+6].[Cr+6].[O-2].[O-2].[O-2]. The van der Waals surface area contributed by atoms with Gasteiger partial charge in [-0.15, -0.1) is 0 Å². The molecule has 20 heteroatoms. The summed E-state index contributed by atoms with van der Waals surface area (Å²) in [6.45, 7) is 0. The third-order valence-electron chi connectivity index (χ3n) is 0. The van der Waals surface area contributed by atoms with Gasteiger partial charge in [0.2, 0.25) is 0 Å². The molecule has 0 aromatic carbocycles. The molecule has 0 aromatic heterocycles. The predicted molar refractivity (Wildman–Crippen MR) is 33.5 cm³/mol. The van der Waals surface area contributed by atoms with Crippen LogP contribution in [0.25, 0.3) is 0 Å². The smallest absolute Gasteiger partial charge is 2.00 e. The fourth-order valence-electron chi connectivity index (χ4n) is 0. The largest absolute Gasteiger partial charge is 6.00 e. The molecule has 0 amide bonds. The van der Waals surface area contributed by atoms with Crippen molar-refractivity contribution in [3.8, 4) is 0 Å². The molecule has 0 radical (unpaired) electrons. The first kappa shape index (κ1) is 49.9. The molecule has 0 unspecified atom stereocenters. The van der Waals surface area contributed by atoms with E-state index in [1.165, 1.54) is 0 Å². The number of hydrogen-bond donors (Lipinski definition) is 0. The fourth-order valence-corrected chi connectivity index (χ4v) is 0. The summed E-state index contributed by atoms with van der Waals surface area (Å²) < 4.78 is 102. The average Bonchev–Trinajstić information content (AvgIpc) is 1.41. The van der Waals surface area contributed by atoms with Crippen molar-refractivity contribution < 1.29 is 104 Å². The Labute approximate surface area is 134 Å². The average molecular weight is 440 g/mol. The van der Waals surface area contributed by atoms with Crippen molar-refractivity contribution >= 4 is 31.2 Å². The molecule has 0 fully saturated rings. The summed E-state index contributed by atoms with van der Waals surface area (Å²) in [7, 11) is -15.5.